The van der Waals surface area contributed by atoms with Crippen molar-refractivity contribution in [2.45, 2.75) is 13.8 Å². The summed E-state index contributed by atoms with van der Waals surface area (Å²) in [7, 11) is 1.62. The summed E-state index contributed by atoms with van der Waals surface area (Å²) < 4.78 is 5.39. The second-order valence-electron chi connectivity index (χ2n) is 4.08. The molecule has 2 aromatic rings. The first-order valence-corrected chi connectivity index (χ1v) is 5.59. The number of carbonyl (C=O) groups is 1. The van der Waals surface area contributed by atoms with E-state index in [0.29, 0.717) is 12.0 Å². The Kier molecular flexibility index (Phi) is 3.37. The van der Waals surface area contributed by atoms with Crippen LogP contribution in [0.5, 0.6) is 5.75 Å². The SMILES string of the molecule is COc1cc(C)cc(C)c1-c1ccnc(C=O)n1. The van der Waals surface area contributed by atoms with E-state index in [9.17, 15) is 4.79 Å². The molecule has 0 bridgehead atoms. The highest BCUT2D eigenvalue weighted by Crippen LogP contribution is 2.32. The molecule has 0 N–H and O–H groups in total. The predicted octanol–water partition coefficient (Wildman–Crippen LogP) is 2.58. The van der Waals surface area contributed by atoms with E-state index < -0.39 is 0 Å². The first kappa shape index (κ1) is 12.2. The Morgan fingerprint density at radius 1 is 1.28 bits per heavy atom. The van der Waals surface area contributed by atoms with Crippen molar-refractivity contribution in [2.24, 2.45) is 0 Å². The second kappa shape index (κ2) is 4.96. The van der Waals surface area contributed by atoms with E-state index in [1.807, 2.05) is 19.9 Å². The van der Waals surface area contributed by atoms with Crippen LogP contribution in [-0.4, -0.2) is 23.4 Å². The maximum Gasteiger partial charge on any atom is 0.193 e. The molecule has 4 heteroatoms. The molecule has 92 valence electrons. The van der Waals surface area contributed by atoms with Crippen LogP contribution < -0.4 is 4.74 Å². The van der Waals surface area contributed by atoms with Gasteiger partial charge in [0.1, 0.15) is 5.75 Å². The van der Waals surface area contributed by atoms with Gasteiger partial charge in [-0.05, 0) is 37.1 Å². The molecule has 4 nitrogen and oxygen atoms in total. The van der Waals surface area contributed by atoms with Gasteiger partial charge in [-0.15, -0.1) is 0 Å². The molecule has 0 saturated carbocycles. The first-order valence-electron chi connectivity index (χ1n) is 5.59. The van der Waals surface area contributed by atoms with Gasteiger partial charge in [-0.25, -0.2) is 9.97 Å². The van der Waals surface area contributed by atoms with Gasteiger partial charge in [0.05, 0.1) is 12.8 Å². The number of methoxy groups -OCH3 is 1. The van der Waals surface area contributed by atoms with Crippen LogP contribution in [0.1, 0.15) is 21.7 Å². The fourth-order valence-corrected chi connectivity index (χ4v) is 1.99. The van der Waals surface area contributed by atoms with Crippen molar-refractivity contribution in [3.8, 4) is 17.0 Å². The maximum absolute atomic E-state index is 10.7. The zero-order valence-corrected chi connectivity index (χ0v) is 10.6. The number of hydrogen-bond acceptors (Lipinski definition) is 4. The summed E-state index contributed by atoms with van der Waals surface area (Å²) in [6.45, 7) is 4.00. The molecule has 0 aliphatic carbocycles. The van der Waals surface area contributed by atoms with Crippen molar-refractivity contribution < 1.29 is 9.53 Å². The number of aryl methyl sites for hydroxylation is 2. The Hall–Kier alpha value is -2.23. The van der Waals surface area contributed by atoms with E-state index in [0.717, 1.165) is 22.4 Å². The molecule has 1 heterocycles. The third kappa shape index (κ3) is 2.22. The summed E-state index contributed by atoms with van der Waals surface area (Å²) in [6, 6.07) is 5.78. The Balaban J connectivity index is 2.65. The number of aldehydes is 1. The molecule has 0 spiro atoms. The van der Waals surface area contributed by atoms with Gasteiger partial charge in [-0.3, -0.25) is 4.79 Å². The highest BCUT2D eigenvalue weighted by molar-refractivity contribution is 5.75. The van der Waals surface area contributed by atoms with Crippen molar-refractivity contribution in [3.05, 3.63) is 41.3 Å². The maximum atomic E-state index is 10.7. The van der Waals surface area contributed by atoms with Crippen molar-refractivity contribution >= 4 is 6.29 Å². The van der Waals surface area contributed by atoms with Crippen molar-refractivity contribution in [3.63, 3.8) is 0 Å². The van der Waals surface area contributed by atoms with Gasteiger partial charge in [0, 0.05) is 11.8 Å². The van der Waals surface area contributed by atoms with E-state index in [2.05, 4.69) is 16.0 Å². The molecule has 0 saturated heterocycles. The Bertz CT molecular complexity index is 594. The second-order valence-corrected chi connectivity index (χ2v) is 4.08. The van der Waals surface area contributed by atoms with Crippen molar-refractivity contribution in [1.82, 2.24) is 9.97 Å². The molecule has 0 atom stereocenters. The van der Waals surface area contributed by atoms with E-state index in [1.54, 1.807) is 19.4 Å². The van der Waals surface area contributed by atoms with Crippen LogP contribution in [0.4, 0.5) is 0 Å². The molecule has 0 amide bonds. The third-order valence-corrected chi connectivity index (χ3v) is 2.70. The third-order valence-electron chi connectivity index (χ3n) is 2.70. The van der Waals surface area contributed by atoms with Crippen LogP contribution >= 0.6 is 0 Å². The molecule has 0 aliphatic heterocycles. The van der Waals surface area contributed by atoms with Gasteiger partial charge in [0.2, 0.25) is 0 Å². The smallest absolute Gasteiger partial charge is 0.193 e. The van der Waals surface area contributed by atoms with Crippen LogP contribution in [0, 0.1) is 13.8 Å². The molecule has 0 aliphatic rings. The number of ether oxygens (including phenoxy) is 1. The minimum Gasteiger partial charge on any atom is -0.496 e. The van der Waals surface area contributed by atoms with Crippen LogP contribution in [0.25, 0.3) is 11.3 Å². The fraction of sp³-hybridized carbons (Fsp3) is 0.214. The highest BCUT2D eigenvalue weighted by Gasteiger charge is 2.12. The first-order chi connectivity index (χ1) is 8.65. The average Bonchev–Trinajstić information content (AvgIpc) is 2.37. The summed E-state index contributed by atoms with van der Waals surface area (Å²) in [4.78, 5) is 18.8. The summed E-state index contributed by atoms with van der Waals surface area (Å²) in [5.41, 5.74) is 3.77. The topological polar surface area (TPSA) is 52.1 Å². The standard InChI is InChI=1S/C14H14N2O2/c1-9-6-10(2)14(12(7-9)18-3)11-4-5-15-13(8-17)16-11/h4-8H,1-3H3. The van der Waals surface area contributed by atoms with E-state index in [-0.39, 0.29) is 5.82 Å². The monoisotopic (exact) mass is 242 g/mol. The molecule has 1 aromatic carbocycles. The van der Waals surface area contributed by atoms with Gasteiger partial charge in [0.25, 0.3) is 0 Å². The lowest BCUT2D eigenvalue weighted by molar-refractivity contribution is 0.111. The van der Waals surface area contributed by atoms with Crippen molar-refractivity contribution in [1.29, 1.82) is 0 Å². The lowest BCUT2D eigenvalue weighted by Gasteiger charge is -2.12. The minimum atomic E-state index is 0.175. The van der Waals surface area contributed by atoms with E-state index in [1.165, 1.54) is 0 Å². The van der Waals surface area contributed by atoms with Crippen LogP contribution in [0.3, 0.4) is 0 Å². The van der Waals surface area contributed by atoms with Gasteiger partial charge in [-0.2, -0.15) is 0 Å². The zero-order valence-electron chi connectivity index (χ0n) is 10.6. The number of carbonyl (C=O) groups excluding carboxylic acids is 1. The Morgan fingerprint density at radius 2 is 2.06 bits per heavy atom. The van der Waals surface area contributed by atoms with Gasteiger partial charge >= 0.3 is 0 Å². The molecular weight excluding hydrogens is 228 g/mol. The number of aromatic nitrogens is 2. The lowest BCUT2D eigenvalue weighted by atomic mass is 10.0. The zero-order chi connectivity index (χ0) is 13.1. The quantitative estimate of drug-likeness (QED) is 0.776. The van der Waals surface area contributed by atoms with Crippen LogP contribution in [0.15, 0.2) is 24.4 Å². The molecule has 18 heavy (non-hydrogen) atoms. The van der Waals surface area contributed by atoms with Crippen LogP contribution in [0.2, 0.25) is 0 Å². The molecule has 1 aromatic heterocycles. The Morgan fingerprint density at radius 3 is 2.72 bits per heavy atom. The summed E-state index contributed by atoms with van der Waals surface area (Å²) in [5, 5.41) is 0. The average molecular weight is 242 g/mol. The molecule has 2 rings (SSSR count). The number of rotatable bonds is 3. The molecular formula is C14H14N2O2. The predicted molar refractivity (Wildman–Crippen MR) is 68.9 cm³/mol. The van der Waals surface area contributed by atoms with Crippen molar-refractivity contribution in [2.75, 3.05) is 7.11 Å². The lowest BCUT2D eigenvalue weighted by Crippen LogP contribution is -1.98. The van der Waals surface area contributed by atoms with Crippen LogP contribution in [-0.2, 0) is 0 Å². The summed E-state index contributed by atoms with van der Waals surface area (Å²) >= 11 is 0. The highest BCUT2D eigenvalue weighted by atomic mass is 16.5. The number of benzene rings is 1. The number of hydrogen-bond donors (Lipinski definition) is 0. The molecule has 0 unspecified atom stereocenters. The Labute approximate surface area is 106 Å². The number of nitrogens with zero attached hydrogens (tertiary/aromatic N) is 2. The summed E-state index contributed by atoms with van der Waals surface area (Å²) in [6.07, 6.45) is 2.21. The fourth-order valence-electron chi connectivity index (χ4n) is 1.99. The van der Waals surface area contributed by atoms with Gasteiger partial charge < -0.3 is 4.74 Å². The largest absolute Gasteiger partial charge is 0.496 e. The molecule has 0 fully saturated rings. The normalized spacial score (nSPS) is 10.2. The van der Waals surface area contributed by atoms with E-state index >= 15 is 0 Å². The minimum absolute atomic E-state index is 0.175. The van der Waals surface area contributed by atoms with E-state index in [4.69, 9.17) is 4.74 Å². The molecule has 0 radical (unpaired) electrons. The van der Waals surface area contributed by atoms with Gasteiger partial charge in [0.15, 0.2) is 12.1 Å². The summed E-state index contributed by atoms with van der Waals surface area (Å²) in [5.74, 6) is 0.928. The van der Waals surface area contributed by atoms with Gasteiger partial charge in [-0.1, -0.05) is 6.07 Å².